The maximum Gasteiger partial charge on any atom is 0.141 e. The first-order valence-electron chi connectivity index (χ1n) is 6.50. The molecule has 0 aliphatic heterocycles. The second-order valence-corrected chi connectivity index (χ2v) is 6.25. The fourth-order valence-electron chi connectivity index (χ4n) is 1.62. The van der Waals surface area contributed by atoms with Crippen LogP contribution >= 0.6 is 27.7 Å². The highest BCUT2D eigenvalue weighted by atomic mass is 79.9. The molecule has 20 heavy (non-hydrogen) atoms. The van der Waals surface area contributed by atoms with Crippen LogP contribution in [-0.4, -0.2) is 21.5 Å². The van der Waals surface area contributed by atoms with Gasteiger partial charge in [0.05, 0.1) is 10.8 Å². The van der Waals surface area contributed by atoms with Crippen molar-refractivity contribution in [2.75, 3.05) is 11.9 Å². The van der Waals surface area contributed by atoms with E-state index in [0.717, 1.165) is 45.6 Å². The summed E-state index contributed by atoms with van der Waals surface area (Å²) < 4.78 is 0.986. The summed E-state index contributed by atoms with van der Waals surface area (Å²) in [6, 6.07) is 5.95. The van der Waals surface area contributed by atoms with Gasteiger partial charge in [-0.05, 0) is 41.4 Å². The van der Waals surface area contributed by atoms with E-state index in [4.69, 9.17) is 0 Å². The molecule has 2 aromatic rings. The fourth-order valence-corrected chi connectivity index (χ4v) is 2.56. The van der Waals surface area contributed by atoms with Gasteiger partial charge in [0.25, 0.3) is 0 Å². The molecule has 106 valence electrons. The van der Waals surface area contributed by atoms with E-state index in [0.29, 0.717) is 0 Å². The van der Waals surface area contributed by atoms with Gasteiger partial charge in [-0.15, -0.1) is 0 Å². The van der Waals surface area contributed by atoms with E-state index in [9.17, 15) is 0 Å². The van der Waals surface area contributed by atoms with E-state index in [1.165, 1.54) is 0 Å². The SMILES string of the molecule is CCCNc1cc(C)nc(CSc2ccc(Br)cn2)n1. The first kappa shape index (κ1) is 15.3. The van der Waals surface area contributed by atoms with Gasteiger partial charge in [-0.2, -0.15) is 0 Å². The van der Waals surface area contributed by atoms with Crippen LogP contribution in [0, 0.1) is 6.92 Å². The maximum absolute atomic E-state index is 4.52. The molecule has 0 fully saturated rings. The molecule has 1 N–H and O–H groups in total. The molecule has 2 aromatic heterocycles. The van der Waals surface area contributed by atoms with Crippen LogP contribution in [0.3, 0.4) is 0 Å². The lowest BCUT2D eigenvalue weighted by Crippen LogP contribution is -2.05. The zero-order valence-corrected chi connectivity index (χ0v) is 14.0. The van der Waals surface area contributed by atoms with Crippen LogP contribution in [0.15, 0.2) is 33.9 Å². The van der Waals surface area contributed by atoms with E-state index in [1.54, 1.807) is 18.0 Å². The summed E-state index contributed by atoms with van der Waals surface area (Å²) in [7, 11) is 0. The third-order valence-corrected chi connectivity index (χ3v) is 3.91. The molecule has 2 heterocycles. The number of aromatic nitrogens is 3. The van der Waals surface area contributed by atoms with Crippen molar-refractivity contribution in [3.8, 4) is 0 Å². The Hall–Kier alpha value is -1.14. The highest BCUT2D eigenvalue weighted by Gasteiger charge is 2.04. The van der Waals surface area contributed by atoms with Crippen molar-refractivity contribution in [1.29, 1.82) is 0 Å². The average molecular weight is 353 g/mol. The Morgan fingerprint density at radius 2 is 2.15 bits per heavy atom. The molecule has 6 heteroatoms. The second-order valence-electron chi connectivity index (χ2n) is 4.34. The molecule has 4 nitrogen and oxygen atoms in total. The van der Waals surface area contributed by atoms with Crippen LogP contribution in [0.2, 0.25) is 0 Å². The highest BCUT2D eigenvalue weighted by Crippen LogP contribution is 2.21. The van der Waals surface area contributed by atoms with Gasteiger partial charge in [0.2, 0.25) is 0 Å². The topological polar surface area (TPSA) is 50.7 Å². The molecule has 0 spiro atoms. The largest absolute Gasteiger partial charge is 0.370 e. The Bertz CT molecular complexity index is 560. The minimum atomic E-state index is 0.719. The Kier molecular flexibility index (Phi) is 5.79. The molecule has 0 bridgehead atoms. The lowest BCUT2D eigenvalue weighted by molar-refractivity contribution is 0.940. The number of hydrogen-bond donors (Lipinski definition) is 1. The Morgan fingerprint density at radius 3 is 2.85 bits per heavy atom. The van der Waals surface area contributed by atoms with Crippen molar-refractivity contribution >= 4 is 33.5 Å². The minimum Gasteiger partial charge on any atom is -0.370 e. The number of anilines is 1. The van der Waals surface area contributed by atoms with E-state index in [1.807, 2.05) is 25.1 Å². The predicted molar refractivity (Wildman–Crippen MR) is 87.0 cm³/mol. The molecular weight excluding hydrogens is 336 g/mol. The third kappa shape index (κ3) is 4.76. The minimum absolute atomic E-state index is 0.719. The standard InChI is InChI=1S/C14H17BrN4S/c1-3-6-16-12-7-10(2)18-13(19-12)9-20-14-5-4-11(15)8-17-14/h4-5,7-8H,3,6,9H2,1-2H3,(H,16,18,19). The summed E-state index contributed by atoms with van der Waals surface area (Å²) >= 11 is 5.02. The Balaban J connectivity index is 2.01. The zero-order chi connectivity index (χ0) is 14.4. The monoisotopic (exact) mass is 352 g/mol. The summed E-state index contributed by atoms with van der Waals surface area (Å²) in [6.07, 6.45) is 2.88. The average Bonchev–Trinajstić information content (AvgIpc) is 2.44. The normalized spacial score (nSPS) is 10.6. The molecule has 0 radical (unpaired) electrons. The van der Waals surface area contributed by atoms with Crippen LogP contribution in [0.5, 0.6) is 0 Å². The summed E-state index contributed by atoms with van der Waals surface area (Å²) in [5.74, 6) is 2.45. The van der Waals surface area contributed by atoms with Crippen molar-refractivity contribution < 1.29 is 0 Å². The summed E-state index contributed by atoms with van der Waals surface area (Å²) in [5.41, 5.74) is 0.984. The molecule has 0 aliphatic rings. The number of aryl methyl sites for hydroxylation is 1. The van der Waals surface area contributed by atoms with Gasteiger partial charge in [-0.1, -0.05) is 18.7 Å². The number of nitrogens with zero attached hydrogens (tertiary/aromatic N) is 3. The first-order chi connectivity index (χ1) is 9.67. The van der Waals surface area contributed by atoms with E-state index >= 15 is 0 Å². The van der Waals surface area contributed by atoms with E-state index < -0.39 is 0 Å². The van der Waals surface area contributed by atoms with Crippen molar-refractivity contribution in [3.63, 3.8) is 0 Å². The molecule has 0 aromatic carbocycles. The van der Waals surface area contributed by atoms with Crippen LogP contribution < -0.4 is 5.32 Å². The van der Waals surface area contributed by atoms with Crippen molar-refractivity contribution in [3.05, 3.63) is 40.4 Å². The summed E-state index contributed by atoms with van der Waals surface area (Å²) in [5, 5.41) is 4.27. The fraction of sp³-hybridized carbons (Fsp3) is 0.357. The second kappa shape index (κ2) is 7.59. The van der Waals surface area contributed by atoms with Gasteiger partial charge < -0.3 is 5.32 Å². The number of rotatable bonds is 6. The molecule has 0 saturated carbocycles. The van der Waals surface area contributed by atoms with E-state index in [-0.39, 0.29) is 0 Å². The van der Waals surface area contributed by atoms with Gasteiger partial charge in [0, 0.05) is 29.0 Å². The zero-order valence-electron chi connectivity index (χ0n) is 11.6. The number of pyridine rings is 1. The first-order valence-corrected chi connectivity index (χ1v) is 8.28. The lowest BCUT2D eigenvalue weighted by atomic mass is 10.4. The quantitative estimate of drug-likeness (QED) is 0.794. The van der Waals surface area contributed by atoms with Crippen LogP contribution in [0.1, 0.15) is 24.9 Å². The maximum atomic E-state index is 4.52. The summed E-state index contributed by atoms with van der Waals surface area (Å²) in [4.78, 5) is 13.3. The molecule has 0 atom stereocenters. The molecule has 0 saturated heterocycles. The van der Waals surface area contributed by atoms with Gasteiger partial charge in [0.1, 0.15) is 11.6 Å². The third-order valence-electron chi connectivity index (χ3n) is 2.51. The molecular formula is C14H17BrN4S. The Morgan fingerprint density at radius 1 is 1.30 bits per heavy atom. The molecule has 0 aliphatic carbocycles. The lowest BCUT2D eigenvalue weighted by Gasteiger charge is -2.07. The van der Waals surface area contributed by atoms with Gasteiger partial charge in [-0.25, -0.2) is 15.0 Å². The smallest absolute Gasteiger partial charge is 0.141 e. The van der Waals surface area contributed by atoms with E-state index in [2.05, 4.69) is 43.1 Å². The van der Waals surface area contributed by atoms with Gasteiger partial charge >= 0.3 is 0 Å². The van der Waals surface area contributed by atoms with Crippen LogP contribution in [-0.2, 0) is 5.75 Å². The van der Waals surface area contributed by atoms with Crippen LogP contribution in [0.4, 0.5) is 5.82 Å². The van der Waals surface area contributed by atoms with Crippen molar-refractivity contribution in [2.45, 2.75) is 31.0 Å². The van der Waals surface area contributed by atoms with Gasteiger partial charge in [0.15, 0.2) is 0 Å². The highest BCUT2D eigenvalue weighted by molar-refractivity contribution is 9.10. The number of nitrogens with one attached hydrogen (secondary N) is 1. The molecule has 0 unspecified atom stereocenters. The van der Waals surface area contributed by atoms with Gasteiger partial charge in [-0.3, -0.25) is 0 Å². The van der Waals surface area contributed by atoms with Crippen molar-refractivity contribution in [1.82, 2.24) is 15.0 Å². The summed E-state index contributed by atoms with van der Waals surface area (Å²) in [6.45, 7) is 5.05. The molecule has 2 rings (SSSR count). The number of thioether (sulfide) groups is 1. The number of halogens is 1. The van der Waals surface area contributed by atoms with Crippen LogP contribution in [0.25, 0.3) is 0 Å². The number of hydrogen-bond acceptors (Lipinski definition) is 5. The predicted octanol–water partition coefficient (Wildman–Crippen LogP) is 4.06. The Labute approximate surface area is 132 Å². The van der Waals surface area contributed by atoms with Crippen molar-refractivity contribution in [2.24, 2.45) is 0 Å². The molecule has 0 amide bonds.